The summed E-state index contributed by atoms with van der Waals surface area (Å²) in [4.78, 5) is 13.8. The van der Waals surface area contributed by atoms with Crippen molar-refractivity contribution in [2.24, 2.45) is 5.92 Å². The quantitative estimate of drug-likeness (QED) is 0.873. The summed E-state index contributed by atoms with van der Waals surface area (Å²) in [5.74, 6) is 1.64. The highest BCUT2D eigenvalue weighted by Crippen LogP contribution is 2.20. The Morgan fingerprint density at radius 2 is 1.95 bits per heavy atom. The fourth-order valence-corrected chi connectivity index (χ4v) is 2.71. The van der Waals surface area contributed by atoms with Gasteiger partial charge < -0.3 is 10.1 Å². The van der Waals surface area contributed by atoms with E-state index in [4.69, 9.17) is 4.74 Å². The first-order valence-electron chi connectivity index (χ1n) is 7.80. The summed E-state index contributed by atoms with van der Waals surface area (Å²) in [7, 11) is 1.71. The number of ether oxygens (including phenoxy) is 1. The number of hydrogen-bond donors (Lipinski definition) is 1. The summed E-state index contributed by atoms with van der Waals surface area (Å²) in [6.45, 7) is 5.90. The molecule has 1 aromatic carbocycles. The van der Waals surface area contributed by atoms with Gasteiger partial charge in [-0.05, 0) is 50.9 Å². The molecule has 0 radical (unpaired) electrons. The van der Waals surface area contributed by atoms with E-state index in [1.54, 1.807) is 7.05 Å². The second kappa shape index (κ2) is 8.03. The van der Waals surface area contributed by atoms with Gasteiger partial charge in [-0.3, -0.25) is 9.69 Å². The largest absolute Gasteiger partial charge is 0.492 e. The van der Waals surface area contributed by atoms with Crippen molar-refractivity contribution in [2.75, 3.05) is 33.3 Å². The number of rotatable bonds is 6. The minimum atomic E-state index is 0.163. The van der Waals surface area contributed by atoms with Gasteiger partial charge in [-0.1, -0.05) is 17.7 Å². The van der Waals surface area contributed by atoms with E-state index in [9.17, 15) is 4.79 Å². The molecule has 1 amide bonds. The summed E-state index contributed by atoms with van der Waals surface area (Å²) in [5, 5.41) is 2.71. The summed E-state index contributed by atoms with van der Waals surface area (Å²) in [6, 6.07) is 8.18. The van der Waals surface area contributed by atoms with E-state index in [1.807, 2.05) is 12.1 Å². The van der Waals surface area contributed by atoms with Crippen LogP contribution in [0.4, 0.5) is 0 Å². The van der Waals surface area contributed by atoms with Crippen molar-refractivity contribution in [3.63, 3.8) is 0 Å². The van der Waals surface area contributed by atoms with Gasteiger partial charge >= 0.3 is 0 Å². The van der Waals surface area contributed by atoms with Crippen molar-refractivity contribution in [2.45, 2.75) is 26.2 Å². The summed E-state index contributed by atoms with van der Waals surface area (Å²) < 4.78 is 5.77. The molecule has 0 bridgehead atoms. The lowest BCUT2D eigenvalue weighted by Gasteiger charge is -2.31. The molecule has 21 heavy (non-hydrogen) atoms. The van der Waals surface area contributed by atoms with Crippen molar-refractivity contribution in [1.29, 1.82) is 0 Å². The highest BCUT2D eigenvalue weighted by atomic mass is 16.5. The molecule has 0 saturated carbocycles. The molecule has 0 atom stereocenters. The van der Waals surface area contributed by atoms with Crippen molar-refractivity contribution in [1.82, 2.24) is 10.2 Å². The number of nitrogens with zero attached hydrogens (tertiary/aromatic N) is 1. The molecule has 2 rings (SSSR count). The van der Waals surface area contributed by atoms with E-state index in [-0.39, 0.29) is 5.91 Å². The zero-order valence-electron chi connectivity index (χ0n) is 13.1. The second-order valence-corrected chi connectivity index (χ2v) is 5.82. The van der Waals surface area contributed by atoms with Crippen molar-refractivity contribution >= 4 is 5.91 Å². The topological polar surface area (TPSA) is 41.6 Å². The number of likely N-dealkylation sites (tertiary alicyclic amines) is 1. The number of carbonyl (C=O) groups is 1. The third-order valence-electron chi connectivity index (χ3n) is 4.16. The second-order valence-electron chi connectivity index (χ2n) is 5.82. The van der Waals surface area contributed by atoms with E-state index in [1.165, 1.54) is 5.56 Å². The van der Waals surface area contributed by atoms with Crippen LogP contribution < -0.4 is 10.1 Å². The number of hydrogen-bond acceptors (Lipinski definition) is 3. The minimum Gasteiger partial charge on any atom is -0.492 e. The van der Waals surface area contributed by atoms with Crippen molar-refractivity contribution < 1.29 is 9.53 Å². The average Bonchev–Trinajstić information content (AvgIpc) is 2.51. The Kier molecular flexibility index (Phi) is 6.05. The van der Waals surface area contributed by atoms with Crippen molar-refractivity contribution in [3.05, 3.63) is 29.8 Å². The van der Waals surface area contributed by atoms with Crippen LogP contribution >= 0.6 is 0 Å². The van der Waals surface area contributed by atoms with Gasteiger partial charge in [0.1, 0.15) is 12.4 Å². The highest BCUT2D eigenvalue weighted by Gasteiger charge is 2.20. The van der Waals surface area contributed by atoms with Gasteiger partial charge in [0.2, 0.25) is 5.91 Å². The third-order valence-corrected chi connectivity index (χ3v) is 4.16. The van der Waals surface area contributed by atoms with Gasteiger partial charge in [0.05, 0.1) is 0 Å². The lowest BCUT2D eigenvalue weighted by molar-refractivity contribution is -0.121. The maximum atomic E-state index is 11.4. The van der Waals surface area contributed by atoms with Crippen LogP contribution in [0.2, 0.25) is 0 Å². The third kappa shape index (κ3) is 5.38. The number of carbonyl (C=O) groups excluding carboxylic acids is 1. The van der Waals surface area contributed by atoms with Gasteiger partial charge in [-0.25, -0.2) is 0 Å². The molecule has 0 unspecified atom stereocenters. The average molecular weight is 290 g/mol. The van der Waals surface area contributed by atoms with Crippen molar-refractivity contribution in [3.8, 4) is 5.75 Å². The summed E-state index contributed by atoms with van der Waals surface area (Å²) >= 11 is 0. The number of piperidine rings is 1. The standard InChI is InChI=1S/C17H26N2O2/c1-14-3-5-16(6-4-14)21-12-11-19-9-7-15(8-10-19)13-17(20)18-2/h3-6,15H,7-13H2,1-2H3,(H,18,20). The number of benzene rings is 1. The Morgan fingerprint density at radius 3 is 2.57 bits per heavy atom. The molecule has 1 heterocycles. The van der Waals surface area contributed by atoms with Crippen LogP contribution in [0.25, 0.3) is 0 Å². The molecule has 1 aliphatic heterocycles. The molecule has 0 spiro atoms. The zero-order valence-corrected chi connectivity index (χ0v) is 13.1. The molecular formula is C17H26N2O2. The smallest absolute Gasteiger partial charge is 0.220 e. The molecule has 4 heteroatoms. The lowest BCUT2D eigenvalue weighted by Crippen LogP contribution is -2.37. The van der Waals surface area contributed by atoms with E-state index < -0.39 is 0 Å². The summed E-state index contributed by atoms with van der Waals surface area (Å²) in [5.41, 5.74) is 1.25. The molecule has 0 aliphatic carbocycles. The maximum Gasteiger partial charge on any atom is 0.220 e. The molecule has 0 aromatic heterocycles. The molecule has 1 saturated heterocycles. The fourth-order valence-electron chi connectivity index (χ4n) is 2.71. The predicted octanol–water partition coefficient (Wildman–Crippen LogP) is 2.22. The van der Waals surface area contributed by atoms with Gasteiger partial charge in [0.25, 0.3) is 0 Å². The monoisotopic (exact) mass is 290 g/mol. The van der Waals surface area contributed by atoms with E-state index in [0.717, 1.165) is 44.8 Å². The van der Waals surface area contributed by atoms with E-state index >= 15 is 0 Å². The molecular weight excluding hydrogens is 264 g/mol. The van der Waals surface area contributed by atoms with Gasteiger partial charge in [-0.2, -0.15) is 0 Å². The summed E-state index contributed by atoms with van der Waals surface area (Å²) in [6.07, 6.45) is 2.89. The molecule has 1 aromatic rings. The Hall–Kier alpha value is -1.55. The molecule has 1 fully saturated rings. The first-order chi connectivity index (χ1) is 10.2. The van der Waals surface area contributed by atoms with Gasteiger partial charge in [0.15, 0.2) is 0 Å². The minimum absolute atomic E-state index is 0.163. The Morgan fingerprint density at radius 1 is 1.29 bits per heavy atom. The molecule has 1 N–H and O–H groups in total. The number of aryl methyl sites for hydroxylation is 1. The Bertz CT molecular complexity index is 437. The first-order valence-corrected chi connectivity index (χ1v) is 7.80. The van der Waals surface area contributed by atoms with E-state index in [2.05, 4.69) is 29.3 Å². The van der Waals surface area contributed by atoms with Crippen LogP contribution in [-0.2, 0) is 4.79 Å². The van der Waals surface area contributed by atoms with Crippen LogP contribution in [0.15, 0.2) is 24.3 Å². The number of nitrogens with one attached hydrogen (secondary N) is 1. The molecule has 4 nitrogen and oxygen atoms in total. The predicted molar refractivity (Wildman–Crippen MR) is 84.5 cm³/mol. The molecule has 1 aliphatic rings. The van der Waals surface area contributed by atoms with Crippen LogP contribution in [0.3, 0.4) is 0 Å². The SMILES string of the molecule is CNC(=O)CC1CCN(CCOc2ccc(C)cc2)CC1. The first kappa shape index (κ1) is 15.8. The zero-order chi connectivity index (χ0) is 15.1. The van der Waals surface area contributed by atoms with Gasteiger partial charge in [-0.15, -0.1) is 0 Å². The van der Waals surface area contributed by atoms with Crippen LogP contribution in [0, 0.1) is 12.8 Å². The van der Waals surface area contributed by atoms with Gasteiger partial charge in [0, 0.05) is 20.0 Å². The number of amides is 1. The lowest BCUT2D eigenvalue weighted by atomic mass is 9.93. The fraction of sp³-hybridized carbons (Fsp3) is 0.588. The normalized spacial score (nSPS) is 16.7. The Labute approximate surface area is 127 Å². The highest BCUT2D eigenvalue weighted by molar-refractivity contribution is 5.75. The van der Waals surface area contributed by atoms with Crippen LogP contribution in [0.1, 0.15) is 24.8 Å². The van der Waals surface area contributed by atoms with E-state index in [0.29, 0.717) is 12.3 Å². The molecule has 116 valence electrons. The van der Waals surface area contributed by atoms with Crippen LogP contribution in [-0.4, -0.2) is 44.1 Å². The Balaban J connectivity index is 1.62. The maximum absolute atomic E-state index is 11.4. The van der Waals surface area contributed by atoms with Crippen LogP contribution in [0.5, 0.6) is 5.75 Å².